The summed E-state index contributed by atoms with van der Waals surface area (Å²) in [5.41, 5.74) is 1.42. The highest BCUT2D eigenvalue weighted by Gasteiger charge is 2.25. The number of carboxylic acid groups (broad SMARTS) is 1. The Morgan fingerprint density at radius 2 is 2.32 bits per heavy atom. The third-order valence-electron chi connectivity index (χ3n) is 3.86. The summed E-state index contributed by atoms with van der Waals surface area (Å²) < 4.78 is 1.75. The third kappa shape index (κ3) is 2.77. The van der Waals surface area contributed by atoms with E-state index in [1.54, 1.807) is 23.1 Å². The molecule has 1 saturated heterocycles. The van der Waals surface area contributed by atoms with Gasteiger partial charge in [-0.1, -0.05) is 5.21 Å². The summed E-state index contributed by atoms with van der Waals surface area (Å²) >= 11 is 0. The number of carbonyl (C=O) groups is 1. The SMILES string of the molecule is O=C(O)c1cnccc1N1CCCC(n2cc(CO)nn2)C1. The average Bonchev–Trinajstić information content (AvgIpc) is 3.04. The molecule has 0 aliphatic carbocycles. The molecule has 1 aliphatic rings. The van der Waals surface area contributed by atoms with Gasteiger partial charge in [0, 0.05) is 25.5 Å². The molecule has 8 heteroatoms. The van der Waals surface area contributed by atoms with Crippen LogP contribution in [0.25, 0.3) is 0 Å². The molecule has 3 rings (SSSR count). The van der Waals surface area contributed by atoms with E-state index < -0.39 is 5.97 Å². The van der Waals surface area contributed by atoms with E-state index >= 15 is 0 Å². The Kier molecular flexibility index (Phi) is 4.01. The lowest BCUT2D eigenvalue weighted by atomic mass is 10.0. The van der Waals surface area contributed by atoms with E-state index in [9.17, 15) is 9.90 Å². The normalized spacial score (nSPS) is 18.4. The summed E-state index contributed by atoms with van der Waals surface area (Å²) in [6.07, 6.45) is 6.59. The molecule has 22 heavy (non-hydrogen) atoms. The van der Waals surface area contributed by atoms with Crippen molar-refractivity contribution in [2.24, 2.45) is 0 Å². The van der Waals surface area contributed by atoms with Gasteiger partial charge in [-0.3, -0.25) is 4.98 Å². The number of aliphatic hydroxyl groups excluding tert-OH is 1. The molecule has 2 N–H and O–H groups in total. The first kappa shape index (κ1) is 14.5. The molecule has 1 fully saturated rings. The maximum Gasteiger partial charge on any atom is 0.339 e. The first-order valence-electron chi connectivity index (χ1n) is 7.13. The number of aromatic carboxylic acids is 1. The molecule has 0 aromatic carbocycles. The fourth-order valence-corrected chi connectivity index (χ4v) is 2.78. The van der Waals surface area contributed by atoms with Gasteiger partial charge in [-0.25, -0.2) is 9.48 Å². The van der Waals surface area contributed by atoms with Crippen molar-refractivity contribution in [3.8, 4) is 0 Å². The standard InChI is InChI=1S/C14H17N5O3/c20-9-10-7-19(17-16-10)11-2-1-5-18(8-11)13-3-4-15-6-12(13)14(21)22/h3-4,6-7,11,20H,1-2,5,8-9H2,(H,21,22). The van der Waals surface area contributed by atoms with Crippen molar-refractivity contribution in [3.05, 3.63) is 35.9 Å². The lowest BCUT2D eigenvalue weighted by molar-refractivity contribution is 0.0697. The van der Waals surface area contributed by atoms with Crippen molar-refractivity contribution < 1.29 is 15.0 Å². The van der Waals surface area contributed by atoms with Crippen LogP contribution in [0.4, 0.5) is 5.69 Å². The fraction of sp³-hybridized carbons (Fsp3) is 0.429. The van der Waals surface area contributed by atoms with Crippen LogP contribution >= 0.6 is 0 Å². The van der Waals surface area contributed by atoms with Crippen molar-refractivity contribution >= 4 is 11.7 Å². The van der Waals surface area contributed by atoms with Crippen molar-refractivity contribution in [2.75, 3.05) is 18.0 Å². The molecule has 8 nitrogen and oxygen atoms in total. The minimum atomic E-state index is -0.978. The first-order chi connectivity index (χ1) is 10.7. The van der Waals surface area contributed by atoms with E-state index in [4.69, 9.17) is 5.11 Å². The van der Waals surface area contributed by atoms with Crippen LogP contribution in [-0.2, 0) is 6.61 Å². The van der Waals surface area contributed by atoms with E-state index in [-0.39, 0.29) is 18.2 Å². The topological polar surface area (TPSA) is 104 Å². The van der Waals surface area contributed by atoms with E-state index in [1.807, 2.05) is 4.90 Å². The van der Waals surface area contributed by atoms with Gasteiger partial charge in [0.15, 0.2) is 0 Å². The van der Waals surface area contributed by atoms with E-state index in [0.717, 1.165) is 19.4 Å². The second kappa shape index (κ2) is 6.10. The van der Waals surface area contributed by atoms with Crippen molar-refractivity contribution in [3.63, 3.8) is 0 Å². The zero-order valence-electron chi connectivity index (χ0n) is 12.0. The minimum Gasteiger partial charge on any atom is -0.478 e. The monoisotopic (exact) mass is 303 g/mol. The molecule has 1 atom stereocenters. The summed E-state index contributed by atoms with van der Waals surface area (Å²) in [6, 6.07) is 1.84. The Balaban J connectivity index is 1.83. The van der Waals surface area contributed by atoms with Crippen LogP contribution in [0.1, 0.15) is 34.9 Å². The lowest BCUT2D eigenvalue weighted by Gasteiger charge is -2.34. The molecule has 0 radical (unpaired) electrons. The minimum absolute atomic E-state index is 0.108. The van der Waals surface area contributed by atoms with Gasteiger partial charge in [-0.05, 0) is 18.9 Å². The van der Waals surface area contributed by atoms with Gasteiger partial charge in [0.2, 0.25) is 0 Å². The molecule has 1 unspecified atom stereocenters. The quantitative estimate of drug-likeness (QED) is 0.856. The predicted molar refractivity (Wildman–Crippen MR) is 77.6 cm³/mol. The molecule has 2 aromatic heterocycles. The summed E-state index contributed by atoms with van der Waals surface area (Å²) in [6.45, 7) is 1.31. The highest BCUT2D eigenvalue weighted by molar-refractivity contribution is 5.94. The number of anilines is 1. The maximum absolute atomic E-state index is 11.3. The van der Waals surface area contributed by atoms with Gasteiger partial charge < -0.3 is 15.1 Å². The van der Waals surface area contributed by atoms with Crippen LogP contribution in [0.5, 0.6) is 0 Å². The number of hydrogen-bond acceptors (Lipinski definition) is 6. The maximum atomic E-state index is 11.3. The molecule has 2 aromatic rings. The van der Waals surface area contributed by atoms with Gasteiger partial charge in [-0.2, -0.15) is 0 Å². The Hall–Kier alpha value is -2.48. The van der Waals surface area contributed by atoms with Crippen molar-refractivity contribution in [1.82, 2.24) is 20.0 Å². The molecule has 0 saturated carbocycles. The summed E-state index contributed by atoms with van der Waals surface area (Å²) in [4.78, 5) is 17.3. The molecular weight excluding hydrogens is 286 g/mol. The summed E-state index contributed by atoms with van der Waals surface area (Å²) in [5, 5.41) is 26.3. The number of nitrogens with zero attached hydrogens (tertiary/aromatic N) is 5. The van der Waals surface area contributed by atoms with E-state index in [0.29, 0.717) is 17.9 Å². The van der Waals surface area contributed by atoms with Crippen molar-refractivity contribution in [1.29, 1.82) is 0 Å². The molecule has 0 amide bonds. The molecule has 0 spiro atoms. The fourth-order valence-electron chi connectivity index (χ4n) is 2.78. The Labute approximate surface area is 127 Å². The number of pyridine rings is 1. The molecule has 0 bridgehead atoms. The number of aliphatic hydroxyl groups is 1. The predicted octanol–water partition coefficient (Wildman–Crippen LogP) is 0.705. The highest BCUT2D eigenvalue weighted by Crippen LogP contribution is 2.28. The zero-order chi connectivity index (χ0) is 15.5. The summed E-state index contributed by atoms with van der Waals surface area (Å²) in [5.74, 6) is -0.978. The number of hydrogen-bond donors (Lipinski definition) is 2. The Bertz CT molecular complexity index is 672. The van der Waals surface area contributed by atoms with Crippen LogP contribution in [-0.4, -0.2) is 49.2 Å². The largest absolute Gasteiger partial charge is 0.478 e. The van der Waals surface area contributed by atoms with E-state index in [2.05, 4.69) is 15.3 Å². The second-order valence-corrected chi connectivity index (χ2v) is 5.29. The third-order valence-corrected chi connectivity index (χ3v) is 3.86. The number of piperidine rings is 1. The van der Waals surface area contributed by atoms with Crippen LogP contribution in [0.3, 0.4) is 0 Å². The van der Waals surface area contributed by atoms with Crippen LogP contribution in [0, 0.1) is 0 Å². The Morgan fingerprint density at radius 3 is 3.05 bits per heavy atom. The van der Waals surface area contributed by atoms with Gasteiger partial charge in [0.1, 0.15) is 11.3 Å². The number of carboxylic acids is 1. The van der Waals surface area contributed by atoms with E-state index in [1.165, 1.54) is 6.20 Å². The molecule has 3 heterocycles. The molecule has 116 valence electrons. The average molecular weight is 303 g/mol. The second-order valence-electron chi connectivity index (χ2n) is 5.29. The van der Waals surface area contributed by atoms with Gasteiger partial charge in [0.05, 0.1) is 24.5 Å². The van der Waals surface area contributed by atoms with Crippen molar-refractivity contribution in [2.45, 2.75) is 25.5 Å². The number of rotatable bonds is 4. The van der Waals surface area contributed by atoms with Crippen LogP contribution < -0.4 is 4.90 Å². The molecular formula is C14H17N5O3. The highest BCUT2D eigenvalue weighted by atomic mass is 16.4. The lowest BCUT2D eigenvalue weighted by Crippen LogP contribution is -2.37. The summed E-state index contributed by atoms with van der Waals surface area (Å²) in [7, 11) is 0. The smallest absolute Gasteiger partial charge is 0.339 e. The van der Waals surface area contributed by atoms with Gasteiger partial charge in [-0.15, -0.1) is 5.10 Å². The Morgan fingerprint density at radius 1 is 1.45 bits per heavy atom. The first-order valence-corrected chi connectivity index (χ1v) is 7.13. The zero-order valence-corrected chi connectivity index (χ0v) is 12.0. The van der Waals surface area contributed by atoms with Gasteiger partial charge in [0.25, 0.3) is 0 Å². The van der Waals surface area contributed by atoms with Gasteiger partial charge >= 0.3 is 5.97 Å². The number of aromatic nitrogens is 4. The molecule has 1 aliphatic heterocycles. The van der Waals surface area contributed by atoms with Crippen LogP contribution in [0.2, 0.25) is 0 Å². The van der Waals surface area contributed by atoms with Crippen LogP contribution in [0.15, 0.2) is 24.7 Å².